The standard InChI is InChI=1S/C23H19FN2O3/c1-15-23(28)26(14-17-9-5-6-10-19(17)24)20-13-18(11-12-21(20)29-15)25-22(27)16-7-3-2-4-8-16/h2-13,15H,14H2,1H3,(H,25,27). The van der Waals surface area contributed by atoms with E-state index in [1.54, 1.807) is 67.6 Å². The molecule has 1 N–H and O–H groups in total. The molecule has 1 aliphatic heterocycles. The minimum absolute atomic E-state index is 0.0717. The van der Waals surface area contributed by atoms with Crippen molar-refractivity contribution in [3.63, 3.8) is 0 Å². The summed E-state index contributed by atoms with van der Waals surface area (Å²) >= 11 is 0. The van der Waals surface area contributed by atoms with E-state index in [1.165, 1.54) is 11.0 Å². The molecule has 1 heterocycles. The van der Waals surface area contributed by atoms with Crippen LogP contribution in [0.5, 0.6) is 5.75 Å². The number of fused-ring (bicyclic) bond motifs is 1. The maximum atomic E-state index is 14.2. The maximum Gasteiger partial charge on any atom is 0.268 e. The Morgan fingerprint density at radius 3 is 2.55 bits per heavy atom. The molecule has 6 heteroatoms. The third-order valence-electron chi connectivity index (χ3n) is 4.75. The zero-order valence-electron chi connectivity index (χ0n) is 15.8. The zero-order chi connectivity index (χ0) is 20.4. The van der Waals surface area contributed by atoms with E-state index >= 15 is 0 Å². The Bertz CT molecular complexity index is 1070. The van der Waals surface area contributed by atoms with Crippen molar-refractivity contribution in [2.75, 3.05) is 10.2 Å². The van der Waals surface area contributed by atoms with Crippen molar-refractivity contribution >= 4 is 23.2 Å². The first-order valence-corrected chi connectivity index (χ1v) is 9.25. The summed E-state index contributed by atoms with van der Waals surface area (Å²) in [5.74, 6) is -0.407. The Hall–Kier alpha value is -3.67. The molecule has 3 aromatic carbocycles. The number of rotatable bonds is 4. The van der Waals surface area contributed by atoms with Crippen LogP contribution in [0.15, 0.2) is 72.8 Å². The molecule has 1 unspecified atom stereocenters. The van der Waals surface area contributed by atoms with Crippen molar-refractivity contribution in [1.29, 1.82) is 0 Å². The predicted octanol–water partition coefficient (Wildman–Crippen LogP) is 4.39. The quantitative estimate of drug-likeness (QED) is 0.719. The van der Waals surface area contributed by atoms with Crippen LogP contribution in [0.4, 0.5) is 15.8 Å². The Kier molecular flexibility index (Phi) is 4.99. The highest BCUT2D eigenvalue weighted by Crippen LogP contribution is 2.37. The summed E-state index contributed by atoms with van der Waals surface area (Å²) in [6.07, 6.45) is -0.681. The smallest absolute Gasteiger partial charge is 0.268 e. The highest BCUT2D eigenvalue weighted by atomic mass is 19.1. The lowest BCUT2D eigenvalue weighted by atomic mass is 10.1. The van der Waals surface area contributed by atoms with E-state index in [0.29, 0.717) is 28.3 Å². The zero-order valence-corrected chi connectivity index (χ0v) is 15.8. The average molecular weight is 390 g/mol. The lowest BCUT2D eigenvalue weighted by Crippen LogP contribution is -2.44. The molecule has 3 aromatic rings. The second-order valence-corrected chi connectivity index (χ2v) is 6.78. The molecule has 0 saturated carbocycles. The molecule has 2 amide bonds. The number of hydrogen-bond donors (Lipinski definition) is 1. The van der Waals surface area contributed by atoms with Crippen LogP contribution in [0.2, 0.25) is 0 Å². The molecule has 0 aliphatic carbocycles. The fourth-order valence-corrected chi connectivity index (χ4v) is 3.24. The van der Waals surface area contributed by atoms with Gasteiger partial charge in [0.1, 0.15) is 11.6 Å². The average Bonchev–Trinajstić information content (AvgIpc) is 2.73. The number of nitrogens with one attached hydrogen (secondary N) is 1. The molecule has 0 radical (unpaired) electrons. The lowest BCUT2D eigenvalue weighted by Gasteiger charge is -2.33. The topological polar surface area (TPSA) is 58.6 Å². The van der Waals surface area contributed by atoms with Gasteiger partial charge in [-0.2, -0.15) is 0 Å². The van der Waals surface area contributed by atoms with Crippen LogP contribution in [0, 0.1) is 5.82 Å². The van der Waals surface area contributed by atoms with Gasteiger partial charge in [0.2, 0.25) is 0 Å². The summed E-state index contributed by atoms with van der Waals surface area (Å²) in [6.45, 7) is 1.73. The molecule has 0 spiro atoms. The second-order valence-electron chi connectivity index (χ2n) is 6.78. The minimum Gasteiger partial charge on any atom is -0.479 e. The number of carbonyl (C=O) groups excluding carboxylic acids is 2. The fraction of sp³-hybridized carbons (Fsp3) is 0.130. The van der Waals surface area contributed by atoms with E-state index in [1.807, 2.05) is 6.07 Å². The fourth-order valence-electron chi connectivity index (χ4n) is 3.24. The molecular weight excluding hydrogens is 371 g/mol. The summed E-state index contributed by atoms with van der Waals surface area (Å²) in [6, 6.07) is 20.2. The molecule has 0 aromatic heterocycles. The van der Waals surface area contributed by atoms with Gasteiger partial charge in [0.05, 0.1) is 12.2 Å². The van der Waals surface area contributed by atoms with E-state index in [-0.39, 0.29) is 24.2 Å². The molecule has 0 bridgehead atoms. The van der Waals surface area contributed by atoms with Crippen molar-refractivity contribution in [2.24, 2.45) is 0 Å². The number of amides is 2. The van der Waals surface area contributed by atoms with Gasteiger partial charge >= 0.3 is 0 Å². The van der Waals surface area contributed by atoms with E-state index < -0.39 is 6.10 Å². The van der Waals surface area contributed by atoms with Gasteiger partial charge in [-0.1, -0.05) is 36.4 Å². The summed E-state index contributed by atoms with van der Waals surface area (Å²) < 4.78 is 19.8. The van der Waals surface area contributed by atoms with Crippen molar-refractivity contribution in [3.8, 4) is 5.75 Å². The van der Waals surface area contributed by atoms with Crippen LogP contribution in [-0.2, 0) is 11.3 Å². The van der Waals surface area contributed by atoms with E-state index in [2.05, 4.69) is 5.32 Å². The number of hydrogen-bond acceptors (Lipinski definition) is 3. The number of nitrogens with zero attached hydrogens (tertiary/aromatic N) is 1. The van der Waals surface area contributed by atoms with E-state index in [0.717, 1.165) is 0 Å². The number of benzene rings is 3. The first-order chi connectivity index (χ1) is 14.0. The third kappa shape index (κ3) is 3.82. The summed E-state index contributed by atoms with van der Waals surface area (Å²) in [7, 11) is 0. The molecule has 0 saturated heterocycles. The van der Waals surface area contributed by atoms with Gasteiger partial charge in [0, 0.05) is 16.8 Å². The van der Waals surface area contributed by atoms with Crippen LogP contribution in [0.3, 0.4) is 0 Å². The molecule has 0 fully saturated rings. The Morgan fingerprint density at radius 1 is 1.07 bits per heavy atom. The Labute approximate surface area is 167 Å². The van der Waals surface area contributed by atoms with Gasteiger partial charge < -0.3 is 15.0 Å². The lowest BCUT2D eigenvalue weighted by molar-refractivity contribution is -0.125. The van der Waals surface area contributed by atoms with Gasteiger partial charge in [-0.3, -0.25) is 9.59 Å². The first kappa shape index (κ1) is 18.7. The minimum atomic E-state index is -0.681. The number of carbonyl (C=O) groups is 2. The van der Waals surface area contributed by atoms with Crippen LogP contribution in [0.1, 0.15) is 22.8 Å². The third-order valence-corrected chi connectivity index (χ3v) is 4.75. The number of anilines is 2. The van der Waals surface area contributed by atoms with Gasteiger partial charge in [0.25, 0.3) is 11.8 Å². The summed E-state index contributed by atoms with van der Waals surface area (Å²) in [4.78, 5) is 26.7. The van der Waals surface area contributed by atoms with Crippen molar-refractivity contribution < 1.29 is 18.7 Å². The molecule has 29 heavy (non-hydrogen) atoms. The van der Waals surface area contributed by atoms with Crippen molar-refractivity contribution in [1.82, 2.24) is 0 Å². The highest BCUT2D eigenvalue weighted by molar-refractivity contribution is 6.05. The van der Waals surface area contributed by atoms with Gasteiger partial charge in [-0.25, -0.2) is 4.39 Å². The van der Waals surface area contributed by atoms with Crippen LogP contribution < -0.4 is 15.0 Å². The predicted molar refractivity (Wildman–Crippen MR) is 109 cm³/mol. The van der Waals surface area contributed by atoms with Crippen molar-refractivity contribution in [2.45, 2.75) is 19.6 Å². The largest absolute Gasteiger partial charge is 0.479 e. The number of ether oxygens (including phenoxy) is 1. The van der Waals surface area contributed by atoms with Crippen LogP contribution in [-0.4, -0.2) is 17.9 Å². The van der Waals surface area contributed by atoms with E-state index in [4.69, 9.17) is 4.74 Å². The van der Waals surface area contributed by atoms with Crippen LogP contribution in [0.25, 0.3) is 0 Å². The van der Waals surface area contributed by atoms with Gasteiger partial charge in [0.15, 0.2) is 6.10 Å². The molecule has 4 rings (SSSR count). The summed E-state index contributed by atoms with van der Waals surface area (Å²) in [5, 5.41) is 2.82. The molecule has 146 valence electrons. The first-order valence-electron chi connectivity index (χ1n) is 9.25. The SMILES string of the molecule is CC1Oc2ccc(NC(=O)c3ccccc3)cc2N(Cc2ccccc2F)C1=O. The Morgan fingerprint density at radius 2 is 1.79 bits per heavy atom. The molecular formula is C23H19FN2O3. The monoisotopic (exact) mass is 390 g/mol. The van der Waals surface area contributed by atoms with Gasteiger partial charge in [-0.05, 0) is 43.3 Å². The second kappa shape index (κ2) is 7.75. The van der Waals surface area contributed by atoms with E-state index in [9.17, 15) is 14.0 Å². The van der Waals surface area contributed by atoms with Crippen molar-refractivity contribution in [3.05, 3.63) is 89.7 Å². The molecule has 1 aliphatic rings. The summed E-state index contributed by atoms with van der Waals surface area (Å²) in [5.41, 5.74) is 1.93. The Balaban J connectivity index is 1.65. The highest BCUT2D eigenvalue weighted by Gasteiger charge is 2.32. The normalized spacial score (nSPS) is 15.4. The molecule has 5 nitrogen and oxygen atoms in total. The van der Waals surface area contributed by atoms with Crippen LogP contribution >= 0.6 is 0 Å². The number of halogens is 1. The maximum absolute atomic E-state index is 14.2. The molecule has 1 atom stereocenters. The van der Waals surface area contributed by atoms with Gasteiger partial charge in [-0.15, -0.1) is 0 Å².